The Morgan fingerprint density at radius 3 is 2.16 bits per heavy atom. The number of aryl methyl sites for hydroxylation is 2. The first-order valence-electron chi connectivity index (χ1n) is 12.9. The summed E-state index contributed by atoms with van der Waals surface area (Å²) < 4.78 is 5.28. The molecule has 190 valence electrons. The maximum Gasteiger partial charge on any atom is 0.300 e. The van der Waals surface area contributed by atoms with E-state index in [1.807, 2.05) is 42.5 Å². The van der Waals surface area contributed by atoms with Gasteiger partial charge in [-0.25, -0.2) is 0 Å². The number of Topliss-reactive ketones (excluding diaryl/α,β-unsaturated/α-hetero) is 1. The van der Waals surface area contributed by atoms with Gasteiger partial charge < -0.3 is 9.84 Å². The summed E-state index contributed by atoms with van der Waals surface area (Å²) in [7, 11) is 1.58. The smallest absolute Gasteiger partial charge is 0.300 e. The quantitative estimate of drug-likeness (QED) is 0.255. The molecule has 5 heteroatoms. The number of ketones is 1. The molecular formula is C32H33NO4. The molecule has 3 aromatic rings. The SMILES string of the molecule is COc1ccc(N2C(=O)C(=O)/C(=C(\O)c3ccc4c(c3)CCCC4)C2c2ccc(C(C)(C)C)cc2)cc1. The van der Waals surface area contributed by atoms with Gasteiger partial charge in [0.25, 0.3) is 11.7 Å². The van der Waals surface area contributed by atoms with Crippen LogP contribution in [0, 0.1) is 0 Å². The number of hydrogen-bond acceptors (Lipinski definition) is 4. The average Bonchev–Trinajstić information content (AvgIpc) is 3.17. The second kappa shape index (κ2) is 9.55. The van der Waals surface area contributed by atoms with Gasteiger partial charge in [0.2, 0.25) is 0 Å². The molecule has 1 aliphatic carbocycles. The van der Waals surface area contributed by atoms with Gasteiger partial charge in [0, 0.05) is 11.3 Å². The lowest BCUT2D eigenvalue weighted by Crippen LogP contribution is -2.29. The zero-order chi connectivity index (χ0) is 26.3. The predicted molar refractivity (Wildman–Crippen MR) is 146 cm³/mol. The van der Waals surface area contributed by atoms with Crippen molar-refractivity contribution in [3.63, 3.8) is 0 Å². The van der Waals surface area contributed by atoms with E-state index in [1.165, 1.54) is 16.0 Å². The number of rotatable bonds is 4. The van der Waals surface area contributed by atoms with Gasteiger partial charge in [-0.3, -0.25) is 14.5 Å². The minimum atomic E-state index is -0.751. The Morgan fingerprint density at radius 2 is 1.54 bits per heavy atom. The third kappa shape index (κ3) is 4.55. The van der Waals surface area contributed by atoms with E-state index in [-0.39, 0.29) is 16.7 Å². The Bertz CT molecular complexity index is 1380. The summed E-state index contributed by atoms with van der Waals surface area (Å²) in [5.41, 5.74) is 5.61. The monoisotopic (exact) mass is 495 g/mol. The normalized spacial score (nSPS) is 19.1. The first-order chi connectivity index (χ1) is 17.7. The standard InChI is InChI=1S/C32H33NO4/c1-32(2,3)24-13-11-21(12-14-24)28-27(29(34)23-10-9-20-7-5-6-8-22(20)19-23)30(35)31(36)33(28)25-15-17-26(37-4)18-16-25/h9-19,28,34H,5-8H2,1-4H3/b29-27-. The van der Waals surface area contributed by atoms with Crippen molar-refractivity contribution in [1.29, 1.82) is 0 Å². The number of amides is 1. The highest BCUT2D eigenvalue weighted by Gasteiger charge is 2.47. The van der Waals surface area contributed by atoms with Crippen molar-refractivity contribution >= 4 is 23.1 Å². The fourth-order valence-electron chi connectivity index (χ4n) is 5.36. The number of nitrogens with zero attached hydrogens (tertiary/aromatic N) is 1. The summed E-state index contributed by atoms with van der Waals surface area (Å²) in [6, 6.07) is 20.1. The van der Waals surface area contributed by atoms with Gasteiger partial charge in [0.1, 0.15) is 11.5 Å². The third-order valence-electron chi connectivity index (χ3n) is 7.51. The van der Waals surface area contributed by atoms with Crippen molar-refractivity contribution in [2.75, 3.05) is 12.0 Å². The predicted octanol–water partition coefficient (Wildman–Crippen LogP) is 6.50. The molecule has 0 spiro atoms. The maximum atomic E-state index is 13.5. The van der Waals surface area contributed by atoms with Crippen LogP contribution in [0.2, 0.25) is 0 Å². The number of aliphatic hydroxyl groups excluding tert-OH is 1. The molecule has 2 aliphatic rings. The van der Waals surface area contributed by atoms with E-state index in [1.54, 1.807) is 31.4 Å². The number of fused-ring (bicyclic) bond motifs is 1. The lowest BCUT2D eigenvalue weighted by Gasteiger charge is -2.27. The summed E-state index contributed by atoms with van der Waals surface area (Å²) in [5, 5.41) is 11.5. The van der Waals surface area contributed by atoms with E-state index < -0.39 is 17.7 Å². The summed E-state index contributed by atoms with van der Waals surface area (Å²) in [4.78, 5) is 28.4. The van der Waals surface area contributed by atoms with Gasteiger partial charge in [-0.2, -0.15) is 0 Å². The number of methoxy groups -OCH3 is 1. The molecule has 0 bridgehead atoms. The molecule has 0 aromatic heterocycles. The van der Waals surface area contributed by atoms with Crippen molar-refractivity contribution in [3.05, 3.63) is 100 Å². The number of anilines is 1. The van der Waals surface area contributed by atoms with Crippen LogP contribution in [0.15, 0.2) is 72.3 Å². The molecular weight excluding hydrogens is 462 g/mol. The summed E-state index contributed by atoms with van der Waals surface area (Å²) in [5.74, 6) is -0.821. The molecule has 1 fully saturated rings. The topological polar surface area (TPSA) is 66.8 Å². The molecule has 1 aliphatic heterocycles. The molecule has 37 heavy (non-hydrogen) atoms. The van der Waals surface area contributed by atoms with E-state index in [4.69, 9.17) is 4.74 Å². The van der Waals surface area contributed by atoms with Crippen LogP contribution >= 0.6 is 0 Å². The van der Waals surface area contributed by atoms with Crippen molar-refractivity contribution in [1.82, 2.24) is 0 Å². The van der Waals surface area contributed by atoms with E-state index in [0.717, 1.165) is 36.8 Å². The highest BCUT2D eigenvalue weighted by atomic mass is 16.5. The Balaban J connectivity index is 1.67. The van der Waals surface area contributed by atoms with Gasteiger partial charge >= 0.3 is 0 Å². The van der Waals surface area contributed by atoms with Crippen LogP contribution in [0.4, 0.5) is 5.69 Å². The van der Waals surface area contributed by atoms with Gasteiger partial charge in [0.05, 0.1) is 18.7 Å². The molecule has 3 aromatic carbocycles. The fraction of sp³-hybridized carbons (Fsp3) is 0.312. The van der Waals surface area contributed by atoms with Crippen molar-refractivity contribution < 1.29 is 19.4 Å². The van der Waals surface area contributed by atoms with Crippen LogP contribution in [0.3, 0.4) is 0 Å². The first kappa shape index (κ1) is 24.8. The van der Waals surface area contributed by atoms with Crippen LogP contribution in [0.25, 0.3) is 5.76 Å². The van der Waals surface area contributed by atoms with Crippen molar-refractivity contribution in [2.45, 2.75) is 57.9 Å². The number of benzene rings is 3. The Hall–Kier alpha value is -3.86. The van der Waals surface area contributed by atoms with Crippen LogP contribution in [-0.4, -0.2) is 23.9 Å². The molecule has 1 heterocycles. The summed E-state index contributed by atoms with van der Waals surface area (Å²) in [6.45, 7) is 6.42. The first-order valence-corrected chi connectivity index (χ1v) is 12.9. The fourth-order valence-corrected chi connectivity index (χ4v) is 5.36. The Kier molecular flexibility index (Phi) is 6.40. The molecule has 0 radical (unpaired) electrons. The minimum absolute atomic E-state index is 0.0422. The van der Waals surface area contributed by atoms with Gasteiger partial charge in [-0.05, 0) is 83.7 Å². The maximum absolute atomic E-state index is 13.5. The highest BCUT2D eigenvalue weighted by molar-refractivity contribution is 6.51. The van der Waals surface area contributed by atoms with Crippen molar-refractivity contribution in [3.8, 4) is 5.75 Å². The Morgan fingerprint density at radius 1 is 0.892 bits per heavy atom. The molecule has 1 atom stereocenters. The van der Waals surface area contributed by atoms with E-state index in [0.29, 0.717) is 17.0 Å². The second-order valence-corrected chi connectivity index (χ2v) is 10.9. The van der Waals surface area contributed by atoms with Gasteiger partial charge in [0.15, 0.2) is 0 Å². The largest absolute Gasteiger partial charge is 0.507 e. The lowest BCUT2D eigenvalue weighted by molar-refractivity contribution is -0.132. The lowest BCUT2D eigenvalue weighted by atomic mass is 9.85. The van der Waals surface area contributed by atoms with Gasteiger partial charge in [-0.15, -0.1) is 0 Å². The van der Waals surface area contributed by atoms with Gasteiger partial charge in [-0.1, -0.05) is 57.2 Å². The molecule has 0 saturated carbocycles. The molecule has 5 nitrogen and oxygen atoms in total. The summed E-state index contributed by atoms with van der Waals surface area (Å²) >= 11 is 0. The highest BCUT2D eigenvalue weighted by Crippen LogP contribution is 2.43. The summed E-state index contributed by atoms with van der Waals surface area (Å²) in [6.07, 6.45) is 4.25. The van der Waals surface area contributed by atoms with E-state index in [2.05, 4.69) is 20.8 Å². The number of carbonyl (C=O) groups is 2. The van der Waals surface area contributed by atoms with Crippen LogP contribution in [0.5, 0.6) is 5.75 Å². The molecule has 1 saturated heterocycles. The number of hydrogen-bond donors (Lipinski definition) is 1. The number of ether oxygens (including phenoxy) is 1. The minimum Gasteiger partial charge on any atom is -0.507 e. The zero-order valence-electron chi connectivity index (χ0n) is 21.9. The third-order valence-corrected chi connectivity index (χ3v) is 7.51. The molecule has 1 N–H and O–H groups in total. The van der Waals surface area contributed by atoms with Crippen LogP contribution < -0.4 is 9.64 Å². The van der Waals surface area contributed by atoms with Crippen LogP contribution in [-0.2, 0) is 27.8 Å². The van der Waals surface area contributed by atoms with Crippen LogP contribution in [0.1, 0.15) is 67.5 Å². The van der Waals surface area contributed by atoms with E-state index >= 15 is 0 Å². The number of carbonyl (C=O) groups excluding carboxylic acids is 2. The number of aliphatic hydroxyl groups is 1. The van der Waals surface area contributed by atoms with E-state index in [9.17, 15) is 14.7 Å². The van der Waals surface area contributed by atoms with Crippen molar-refractivity contribution in [2.24, 2.45) is 0 Å². The zero-order valence-corrected chi connectivity index (χ0v) is 21.9. The molecule has 5 rings (SSSR count). The Labute approximate surface area is 218 Å². The second-order valence-electron chi connectivity index (χ2n) is 10.9. The molecule has 1 amide bonds. The molecule has 1 unspecified atom stereocenters. The average molecular weight is 496 g/mol.